The second-order valence-corrected chi connectivity index (χ2v) is 7.75. The van der Waals surface area contributed by atoms with E-state index in [1.165, 1.54) is 0 Å². The molecule has 0 saturated heterocycles. The van der Waals surface area contributed by atoms with Crippen LogP contribution in [0.2, 0.25) is 0 Å². The molecule has 0 bridgehead atoms. The first-order valence-electron chi connectivity index (χ1n) is 8.54. The first-order valence-corrected chi connectivity index (χ1v) is 8.54. The third-order valence-electron chi connectivity index (χ3n) is 3.52. The summed E-state index contributed by atoms with van der Waals surface area (Å²) in [5.41, 5.74) is 2.42. The van der Waals surface area contributed by atoms with Crippen LogP contribution in [0.25, 0.3) is 0 Å². The van der Waals surface area contributed by atoms with Crippen LogP contribution in [0, 0.1) is 5.41 Å². The maximum atomic E-state index is 12.3. The largest absolute Gasteiger partial charge is 0.394 e. The first kappa shape index (κ1) is 20.9. The Bertz CT molecular complexity index is 609. The number of amides is 2. The van der Waals surface area contributed by atoms with Gasteiger partial charge in [0.05, 0.1) is 12.6 Å². The Morgan fingerprint density at radius 3 is 2.24 bits per heavy atom. The van der Waals surface area contributed by atoms with Gasteiger partial charge in [0.1, 0.15) is 0 Å². The number of carbonyl (C=O) groups excluding carboxylic acids is 2. The van der Waals surface area contributed by atoms with Gasteiger partial charge in [0.25, 0.3) is 5.91 Å². The van der Waals surface area contributed by atoms with Crippen molar-refractivity contribution in [1.29, 1.82) is 0 Å². The number of aliphatic hydroxyl groups excluding tert-OH is 1. The summed E-state index contributed by atoms with van der Waals surface area (Å²) in [6.45, 7) is 10.3. The Morgan fingerprint density at radius 2 is 1.76 bits per heavy atom. The Balaban J connectivity index is 2.61. The highest BCUT2D eigenvalue weighted by Crippen LogP contribution is 2.20. The van der Waals surface area contributed by atoms with Crippen LogP contribution in [0.15, 0.2) is 35.9 Å². The molecular formula is C20H30N2O3. The zero-order valence-corrected chi connectivity index (χ0v) is 15.8. The average Bonchev–Trinajstić information content (AvgIpc) is 2.50. The fourth-order valence-electron chi connectivity index (χ4n) is 2.45. The van der Waals surface area contributed by atoms with Crippen LogP contribution >= 0.6 is 0 Å². The monoisotopic (exact) mass is 346 g/mol. The number of aliphatic hydroxyl groups is 1. The van der Waals surface area contributed by atoms with Gasteiger partial charge in [-0.15, -0.1) is 0 Å². The number of hydrogen-bond acceptors (Lipinski definition) is 3. The molecule has 0 aliphatic rings. The lowest BCUT2D eigenvalue weighted by atomic mass is 9.88. The molecule has 0 aliphatic carbocycles. The van der Waals surface area contributed by atoms with Crippen LogP contribution in [-0.4, -0.2) is 29.6 Å². The highest BCUT2D eigenvalue weighted by atomic mass is 16.3. The number of carbonyl (C=O) groups is 2. The van der Waals surface area contributed by atoms with E-state index in [2.05, 4.69) is 31.4 Å². The van der Waals surface area contributed by atoms with Crippen LogP contribution in [0.1, 0.15) is 57.0 Å². The molecule has 1 aromatic carbocycles. The van der Waals surface area contributed by atoms with Crippen LogP contribution in [-0.2, 0) is 11.3 Å². The lowest BCUT2D eigenvalue weighted by Crippen LogP contribution is -2.40. The minimum Gasteiger partial charge on any atom is -0.394 e. The molecule has 5 heteroatoms. The SMILES string of the molecule is CC(C)=CC(=O)NCc1ccc(C(=O)NC(CO)CC(C)(C)C)cc1. The third-order valence-corrected chi connectivity index (χ3v) is 3.52. The fraction of sp³-hybridized carbons (Fsp3) is 0.500. The quantitative estimate of drug-likeness (QED) is 0.664. The average molecular weight is 346 g/mol. The van der Waals surface area contributed by atoms with Crippen molar-refractivity contribution in [1.82, 2.24) is 10.6 Å². The van der Waals surface area contributed by atoms with Gasteiger partial charge in [-0.3, -0.25) is 9.59 Å². The summed E-state index contributed by atoms with van der Waals surface area (Å²) in [6.07, 6.45) is 2.25. The topological polar surface area (TPSA) is 78.4 Å². The van der Waals surface area contributed by atoms with Gasteiger partial charge in [0.15, 0.2) is 0 Å². The molecule has 0 heterocycles. The van der Waals surface area contributed by atoms with Gasteiger partial charge in [-0.25, -0.2) is 0 Å². The van der Waals surface area contributed by atoms with Crippen LogP contribution in [0.3, 0.4) is 0 Å². The maximum absolute atomic E-state index is 12.3. The molecule has 1 aromatic rings. The third kappa shape index (κ3) is 8.49. The van der Waals surface area contributed by atoms with E-state index < -0.39 is 0 Å². The van der Waals surface area contributed by atoms with Crippen molar-refractivity contribution >= 4 is 11.8 Å². The van der Waals surface area contributed by atoms with Crippen molar-refractivity contribution in [3.05, 3.63) is 47.0 Å². The predicted octanol–water partition coefficient (Wildman–Crippen LogP) is 2.80. The molecule has 0 aliphatic heterocycles. The Morgan fingerprint density at radius 1 is 1.16 bits per heavy atom. The van der Waals surface area contributed by atoms with E-state index in [1.807, 2.05) is 26.0 Å². The summed E-state index contributed by atoms with van der Waals surface area (Å²) in [4.78, 5) is 23.9. The van der Waals surface area contributed by atoms with E-state index in [4.69, 9.17) is 0 Å². The smallest absolute Gasteiger partial charge is 0.251 e. The van der Waals surface area contributed by atoms with Crippen molar-refractivity contribution in [3.63, 3.8) is 0 Å². The van der Waals surface area contributed by atoms with E-state index in [-0.39, 0.29) is 29.9 Å². The molecule has 1 rings (SSSR count). The molecule has 1 unspecified atom stereocenters. The summed E-state index contributed by atoms with van der Waals surface area (Å²) >= 11 is 0. The minimum absolute atomic E-state index is 0.0219. The Labute approximate surface area is 150 Å². The summed E-state index contributed by atoms with van der Waals surface area (Å²) in [5, 5.41) is 15.1. The lowest BCUT2D eigenvalue weighted by molar-refractivity contribution is -0.116. The van der Waals surface area contributed by atoms with Crippen molar-refractivity contribution in [3.8, 4) is 0 Å². The molecule has 2 amide bonds. The van der Waals surface area contributed by atoms with Gasteiger partial charge in [0, 0.05) is 18.2 Å². The summed E-state index contributed by atoms with van der Waals surface area (Å²) in [6, 6.07) is 6.81. The van der Waals surface area contributed by atoms with E-state index >= 15 is 0 Å². The van der Waals surface area contributed by atoms with E-state index in [1.54, 1.807) is 18.2 Å². The van der Waals surface area contributed by atoms with E-state index in [0.717, 1.165) is 11.1 Å². The van der Waals surface area contributed by atoms with Crippen LogP contribution < -0.4 is 10.6 Å². The van der Waals surface area contributed by atoms with Crippen molar-refractivity contribution in [2.75, 3.05) is 6.61 Å². The zero-order chi connectivity index (χ0) is 19.0. The first-order chi connectivity index (χ1) is 11.6. The van der Waals surface area contributed by atoms with Gasteiger partial charge in [-0.05, 0) is 43.4 Å². The molecule has 3 N–H and O–H groups in total. The van der Waals surface area contributed by atoms with Crippen molar-refractivity contribution in [2.24, 2.45) is 5.41 Å². The standard InChI is InChI=1S/C20H30N2O3/c1-14(2)10-18(24)21-12-15-6-8-16(9-7-15)19(25)22-17(13-23)11-20(3,4)5/h6-10,17,23H,11-13H2,1-5H3,(H,21,24)(H,22,25). The summed E-state index contributed by atoms with van der Waals surface area (Å²) < 4.78 is 0. The van der Waals surface area contributed by atoms with Gasteiger partial charge >= 0.3 is 0 Å². The molecule has 0 aromatic heterocycles. The van der Waals surface area contributed by atoms with Gasteiger partial charge in [0.2, 0.25) is 5.91 Å². The highest BCUT2D eigenvalue weighted by molar-refractivity contribution is 5.94. The van der Waals surface area contributed by atoms with Gasteiger partial charge in [-0.1, -0.05) is 38.5 Å². The van der Waals surface area contributed by atoms with Crippen LogP contribution in [0.5, 0.6) is 0 Å². The van der Waals surface area contributed by atoms with E-state index in [9.17, 15) is 14.7 Å². The Kier molecular flexibility index (Phi) is 7.84. The lowest BCUT2D eigenvalue weighted by Gasteiger charge is -2.25. The second kappa shape index (κ2) is 9.37. The van der Waals surface area contributed by atoms with Gasteiger partial charge in [-0.2, -0.15) is 0 Å². The number of hydrogen-bond donors (Lipinski definition) is 3. The zero-order valence-electron chi connectivity index (χ0n) is 15.8. The number of benzene rings is 1. The molecule has 0 radical (unpaired) electrons. The van der Waals surface area contributed by atoms with Gasteiger partial charge < -0.3 is 15.7 Å². The molecule has 138 valence electrons. The Hall–Kier alpha value is -2.14. The number of allylic oxidation sites excluding steroid dienone is 1. The summed E-state index contributed by atoms with van der Waals surface area (Å²) in [7, 11) is 0. The normalized spacial score (nSPS) is 12.2. The highest BCUT2D eigenvalue weighted by Gasteiger charge is 2.20. The molecule has 0 saturated carbocycles. The number of nitrogens with one attached hydrogen (secondary N) is 2. The minimum atomic E-state index is -0.268. The van der Waals surface area contributed by atoms with E-state index in [0.29, 0.717) is 18.5 Å². The fourth-order valence-corrected chi connectivity index (χ4v) is 2.45. The maximum Gasteiger partial charge on any atom is 0.251 e. The molecule has 1 atom stereocenters. The number of rotatable bonds is 7. The van der Waals surface area contributed by atoms with Crippen LogP contribution in [0.4, 0.5) is 0 Å². The molecule has 25 heavy (non-hydrogen) atoms. The predicted molar refractivity (Wildman–Crippen MR) is 100 cm³/mol. The van der Waals surface area contributed by atoms with Crippen molar-refractivity contribution < 1.29 is 14.7 Å². The summed E-state index contributed by atoms with van der Waals surface area (Å²) in [5.74, 6) is -0.335. The second-order valence-electron chi connectivity index (χ2n) is 7.75. The molecular weight excluding hydrogens is 316 g/mol. The van der Waals surface area contributed by atoms with Crippen molar-refractivity contribution in [2.45, 2.75) is 53.6 Å². The molecule has 5 nitrogen and oxygen atoms in total. The molecule has 0 fully saturated rings. The molecule has 0 spiro atoms.